The van der Waals surface area contributed by atoms with Gasteiger partial charge in [-0.3, -0.25) is 0 Å². The Balaban J connectivity index is 2.25. The highest BCUT2D eigenvalue weighted by Crippen LogP contribution is 2.21. The van der Waals surface area contributed by atoms with Crippen LogP contribution < -0.4 is 10.5 Å². The van der Waals surface area contributed by atoms with Gasteiger partial charge in [-0.1, -0.05) is 6.07 Å². The smallest absolute Gasteiger partial charge is 0.241 e. The van der Waals surface area contributed by atoms with Crippen LogP contribution in [0.1, 0.15) is 18.4 Å². The van der Waals surface area contributed by atoms with Crippen molar-refractivity contribution < 1.29 is 12.8 Å². The number of sulfonamides is 1. The fourth-order valence-electron chi connectivity index (χ4n) is 2.06. The molecule has 1 aliphatic rings. The van der Waals surface area contributed by atoms with Gasteiger partial charge in [-0.2, -0.15) is 11.8 Å². The summed E-state index contributed by atoms with van der Waals surface area (Å²) in [4.78, 5) is -0.0504. The van der Waals surface area contributed by atoms with E-state index in [2.05, 4.69) is 4.72 Å². The fourth-order valence-corrected chi connectivity index (χ4v) is 4.77. The van der Waals surface area contributed by atoms with Gasteiger partial charge in [0, 0.05) is 18.3 Å². The largest absolute Gasteiger partial charge is 0.326 e. The number of halogens is 1. The second-order valence-electron chi connectivity index (χ2n) is 4.49. The van der Waals surface area contributed by atoms with Gasteiger partial charge >= 0.3 is 0 Å². The summed E-state index contributed by atoms with van der Waals surface area (Å²) >= 11 is 1.73. The van der Waals surface area contributed by atoms with Crippen molar-refractivity contribution >= 4 is 21.8 Å². The molecule has 0 aliphatic carbocycles. The third-order valence-electron chi connectivity index (χ3n) is 3.02. The molecule has 1 unspecified atom stereocenters. The van der Waals surface area contributed by atoms with Gasteiger partial charge in [-0.25, -0.2) is 17.5 Å². The number of rotatable bonds is 4. The number of benzene rings is 1. The Labute approximate surface area is 117 Å². The molecule has 2 rings (SSSR count). The van der Waals surface area contributed by atoms with E-state index in [9.17, 15) is 12.8 Å². The Hall–Kier alpha value is -0.630. The van der Waals surface area contributed by atoms with Crippen LogP contribution in [0.4, 0.5) is 4.39 Å². The number of nitrogens with one attached hydrogen (secondary N) is 1. The molecule has 1 saturated heterocycles. The van der Waals surface area contributed by atoms with Gasteiger partial charge in [0.25, 0.3) is 0 Å². The third-order valence-corrected chi connectivity index (χ3v) is 5.84. The van der Waals surface area contributed by atoms with Crippen molar-refractivity contribution in [2.45, 2.75) is 30.3 Å². The van der Waals surface area contributed by atoms with Gasteiger partial charge in [0.2, 0.25) is 10.0 Å². The summed E-state index contributed by atoms with van der Waals surface area (Å²) in [6.07, 6.45) is 1.81. The van der Waals surface area contributed by atoms with Crippen LogP contribution >= 0.6 is 11.8 Å². The molecule has 7 heteroatoms. The average molecular weight is 304 g/mol. The van der Waals surface area contributed by atoms with E-state index >= 15 is 0 Å². The van der Waals surface area contributed by atoms with Gasteiger partial charge < -0.3 is 5.73 Å². The molecule has 0 bridgehead atoms. The van der Waals surface area contributed by atoms with Crippen LogP contribution in [0.15, 0.2) is 23.1 Å². The quantitative estimate of drug-likeness (QED) is 0.883. The molecule has 0 amide bonds. The Bertz CT molecular complexity index is 543. The molecular weight excluding hydrogens is 287 g/mol. The van der Waals surface area contributed by atoms with E-state index in [-0.39, 0.29) is 17.5 Å². The predicted molar refractivity (Wildman–Crippen MR) is 75.0 cm³/mol. The molecule has 0 radical (unpaired) electrons. The molecule has 4 nitrogen and oxygen atoms in total. The molecule has 1 aromatic rings. The molecule has 1 fully saturated rings. The molecule has 1 heterocycles. The van der Waals surface area contributed by atoms with Gasteiger partial charge in [0.05, 0.1) is 4.90 Å². The highest BCUT2D eigenvalue weighted by Gasteiger charge is 2.24. The molecule has 0 saturated carbocycles. The SMILES string of the molecule is NCc1ccc(F)cc1S(=O)(=O)NC1CCCSC1. The lowest BCUT2D eigenvalue weighted by atomic mass is 10.2. The number of thioether (sulfide) groups is 1. The minimum Gasteiger partial charge on any atom is -0.326 e. The molecule has 0 aromatic heterocycles. The van der Waals surface area contributed by atoms with Crippen LogP contribution in [-0.2, 0) is 16.6 Å². The predicted octanol–water partition coefficient (Wildman–Crippen LogP) is 1.46. The Kier molecular flexibility index (Phi) is 4.83. The van der Waals surface area contributed by atoms with E-state index in [1.807, 2.05) is 0 Å². The summed E-state index contributed by atoms with van der Waals surface area (Å²) in [6.45, 7) is 0.0654. The van der Waals surface area contributed by atoms with Crippen molar-refractivity contribution in [2.24, 2.45) is 5.73 Å². The average Bonchev–Trinajstić information content (AvgIpc) is 2.39. The Morgan fingerprint density at radius 2 is 2.26 bits per heavy atom. The Morgan fingerprint density at radius 1 is 1.47 bits per heavy atom. The van der Waals surface area contributed by atoms with Gasteiger partial charge in [0.15, 0.2) is 0 Å². The lowest BCUT2D eigenvalue weighted by Crippen LogP contribution is -2.38. The van der Waals surface area contributed by atoms with Crippen molar-refractivity contribution in [1.82, 2.24) is 4.72 Å². The zero-order valence-electron chi connectivity index (χ0n) is 10.4. The van der Waals surface area contributed by atoms with Gasteiger partial charge in [-0.15, -0.1) is 0 Å². The first kappa shape index (κ1) is 14.8. The van der Waals surface area contributed by atoms with Crippen LogP contribution in [-0.4, -0.2) is 26.0 Å². The summed E-state index contributed by atoms with van der Waals surface area (Å²) < 4.78 is 40.5. The summed E-state index contributed by atoms with van der Waals surface area (Å²) in [6, 6.07) is 3.58. The fraction of sp³-hybridized carbons (Fsp3) is 0.500. The second-order valence-corrected chi connectivity index (χ2v) is 7.32. The Morgan fingerprint density at radius 3 is 2.89 bits per heavy atom. The lowest BCUT2D eigenvalue weighted by Gasteiger charge is -2.23. The number of nitrogens with two attached hydrogens (primary N) is 1. The molecule has 1 aliphatic heterocycles. The van der Waals surface area contributed by atoms with E-state index in [0.717, 1.165) is 30.4 Å². The van der Waals surface area contributed by atoms with Crippen LogP contribution in [0.2, 0.25) is 0 Å². The highest BCUT2D eigenvalue weighted by atomic mass is 32.2. The monoisotopic (exact) mass is 304 g/mol. The van der Waals surface area contributed by atoms with Gasteiger partial charge in [0.1, 0.15) is 5.82 Å². The highest BCUT2D eigenvalue weighted by molar-refractivity contribution is 7.99. The first-order valence-corrected chi connectivity index (χ1v) is 8.75. The maximum atomic E-state index is 13.3. The summed E-state index contributed by atoms with van der Waals surface area (Å²) in [5, 5.41) is 0. The summed E-state index contributed by atoms with van der Waals surface area (Å²) in [5.74, 6) is 1.24. The van der Waals surface area contributed by atoms with Crippen LogP contribution in [0.25, 0.3) is 0 Å². The summed E-state index contributed by atoms with van der Waals surface area (Å²) in [5.41, 5.74) is 5.94. The number of hydrogen-bond acceptors (Lipinski definition) is 4. The van der Waals surface area contributed by atoms with Crippen molar-refractivity contribution in [2.75, 3.05) is 11.5 Å². The molecule has 3 N–H and O–H groups in total. The molecule has 1 atom stereocenters. The maximum Gasteiger partial charge on any atom is 0.241 e. The number of hydrogen-bond donors (Lipinski definition) is 2. The molecular formula is C12H17FN2O2S2. The molecule has 1 aromatic carbocycles. The van der Waals surface area contributed by atoms with Crippen LogP contribution in [0, 0.1) is 5.82 Å². The van der Waals surface area contributed by atoms with Crippen LogP contribution in [0.3, 0.4) is 0 Å². The molecule has 106 valence electrons. The van der Waals surface area contributed by atoms with Crippen molar-refractivity contribution in [3.63, 3.8) is 0 Å². The third kappa shape index (κ3) is 3.68. The van der Waals surface area contributed by atoms with Crippen molar-refractivity contribution in [3.05, 3.63) is 29.6 Å². The lowest BCUT2D eigenvalue weighted by molar-refractivity contribution is 0.540. The topological polar surface area (TPSA) is 72.2 Å². The van der Waals surface area contributed by atoms with Crippen LogP contribution in [0.5, 0.6) is 0 Å². The van der Waals surface area contributed by atoms with E-state index in [0.29, 0.717) is 5.56 Å². The van der Waals surface area contributed by atoms with Gasteiger partial charge in [-0.05, 0) is 36.3 Å². The van der Waals surface area contributed by atoms with E-state index in [1.54, 1.807) is 11.8 Å². The first-order valence-electron chi connectivity index (χ1n) is 6.11. The maximum absolute atomic E-state index is 13.3. The van der Waals surface area contributed by atoms with E-state index in [1.165, 1.54) is 12.1 Å². The zero-order valence-corrected chi connectivity index (χ0v) is 12.1. The standard InChI is InChI=1S/C12H17FN2O2S2/c13-10-4-3-9(7-14)12(6-10)19(16,17)15-11-2-1-5-18-8-11/h3-4,6,11,15H,1-2,5,7-8,14H2. The van der Waals surface area contributed by atoms with Crippen molar-refractivity contribution in [3.8, 4) is 0 Å². The summed E-state index contributed by atoms with van der Waals surface area (Å²) in [7, 11) is -3.71. The second kappa shape index (κ2) is 6.21. The minimum atomic E-state index is -3.71. The van der Waals surface area contributed by atoms with E-state index < -0.39 is 15.8 Å². The van der Waals surface area contributed by atoms with E-state index in [4.69, 9.17) is 5.73 Å². The zero-order chi connectivity index (χ0) is 13.9. The molecule has 0 spiro atoms. The van der Waals surface area contributed by atoms with Crippen molar-refractivity contribution in [1.29, 1.82) is 0 Å². The first-order chi connectivity index (χ1) is 9.03. The normalized spacial score (nSPS) is 20.4. The minimum absolute atomic E-state index is 0.0504. The molecule has 19 heavy (non-hydrogen) atoms.